The average molecular weight is 234 g/mol. The van der Waals surface area contributed by atoms with Gasteiger partial charge in [-0.2, -0.15) is 0 Å². The molecule has 0 aromatic heterocycles. The number of methoxy groups -OCH3 is 1. The molecule has 0 unspecified atom stereocenters. The molecule has 0 saturated carbocycles. The molecular weight excluding hydrogens is 227 g/mol. The molecule has 1 aromatic rings. The molecule has 16 heavy (non-hydrogen) atoms. The van der Waals surface area contributed by atoms with E-state index in [2.05, 4.69) is 0 Å². The van der Waals surface area contributed by atoms with E-state index in [0.29, 0.717) is 0 Å². The zero-order valence-corrected chi connectivity index (χ0v) is 10.7. The van der Waals surface area contributed by atoms with Gasteiger partial charge >= 0.3 is 29.6 Å². The quantitative estimate of drug-likeness (QED) is 0.251. The minimum atomic E-state index is -1.66. The number of nitro benzene ring substituents is 1. The molecule has 0 aliphatic rings. The van der Waals surface area contributed by atoms with E-state index in [-0.39, 0.29) is 41.0 Å². The molecule has 7 nitrogen and oxygen atoms in total. The van der Waals surface area contributed by atoms with Gasteiger partial charge in [0.2, 0.25) is 0 Å². The summed E-state index contributed by atoms with van der Waals surface area (Å²) < 4.78 is 4.73. The Morgan fingerprint density at radius 1 is 1.50 bits per heavy atom. The predicted molar refractivity (Wildman–Crippen MR) is 48.4 cm³/mol. The van der Waals surface area contributed by atoms with E-state index in [1.54, 1.807) is 0 Å². The van der Waals surface area contributed by atoms with Gasteiger partial charge in [0.1, 0.15) is 5.75 Å². The molecule has 8 heteroatoms. The Balaban J connectivity index is 0.00000225. The van der Waals surface area contributed by atoms with Crippen molar-refractivity contribution in [2.45, 2.75) is 0 Å². The van der Waals surface area contributed by atoms with E-state index in [9.17, 15) is 20.0 Å². The van der Waals surface area contributed by atoms with Crippen molar-refractivity contribution in [1.29, 1.82) is 0 Å². The summed E-state index contributed by atoms with van der Waals surface area (Å²) in [6.45, 7) is 0. The maximum Gasteiger partial charge on any atom is 1.00 e. The number of ether oxygens (including phenoxy) is 1. The average Bonchev–Trinajstić information content (AvgIpc) is 2.16. The number of nitrogens with zero attached hydrogens (tertiary/aromatic N) is 1. The van der Waals surface area contributed by atoms with Crippen LogP contribution in [-0.4, -0.2) is 18.0 Å². The van der Waals surface area contributed by atoms with Gasteiger partial charge in [0.05, 0.1) is 35.3 Å². The number of nitrogens with two attached hydrogens (primary N) is 1. The summed E-state index contributed by atoms with van der Waals surface area (Å²) in [5, 5.41) is 21.1. The minimum Gasteiger partial charge on any atom is -0.545 e. The topological polar surface area (TPSA) is 119 Å². The molecule has 1 aromatic carbocycles. The number of carbonyl (C=O) groups excluding carboxylic acids is 1. The van der Waals surface area contributed by atoms with Crippen LogP contribution in [-0.2, 0) is 0 Å². The Bertz CT molecular complexity index is 435. The van der Waals surface area contributed by atoms with Crippen LogP contribution < -0.4 is 45.1 Å². The van der Waals surface area contributed by atoms with Gasteiger partial charge < -0.3 is 20.4 Å². The summed E-state index contributed by atoms with van der Waals surface area (Å²) in [6.07, 6.45) is 0. The van der Waals surface area contributed by atoms with E-state index in [4.69, 9.17) is 10.5 Å². The maximum absolute atomic E-state index is 10.6. The van der Waals surface area contributed by atoms with Crippen molar-refractivity contribution in [3.05, 3.63) is 27.8 Å². The van der Waals surface area contributed by atoms with Gasteiger partial charge in [-0.15, -0.1) is 0 Å². The number of anilines is 1. The van der Waals surface area contributed by atoms with Crippen LogP contribution >= 0.6 is 0 Å². The third-order valence-corrected chi connectivity index (χ3v) is 1.76. The van der Waals surface area contributed by atoms with Crippen molar-refractivity contribution in [3.63, 3.8) is 0 Å². The van der Waals surface area contributed by atoms with Gasteiger partial charge in [0.15, 0.2) is 0 Å². The molecular formula is C8H7N2NaO5. The largest absolute Gasteiger partial charge is 1.00 e. The Hall–Kier alpha value is -1.31. The van der Waals surface area contributed by atoms with Crippen molar-refractivity contribution in [3.8, 4) is 5.75 Å². The van der Waals surface area contributed by atoms with Crippen LogP contribution in [0.4, 0.5) is 11.4 Å². The van der Waals surface area contributed by atoms with E-state index >= 15 is 0 Å². The number of benzene rings is 1. The molecule has 0 fully saturated rings. The fourth-order valence-corrected chi connectivity index (χ4v) is 1.08. The summed E-state index contributed by atoms with van der Waals surface area (Å²) in [5.41, 5.74) is 4.22. The van der Waals surface area contributed by atoms with E-state index in [0.717, 1.165) is 12.1 Å². The van der Waals surface area contributed by atoms with Crippen LogP contribution in [0.25, 0.3) is 0 Å². The molecule has 0 aliphatic heterocycles. The molecule has 0 radical (unpaired) electrons. The van der Waals surface area contributed by atoms with Gasteiger partial charge in [0, 0.05) is 0 Å². The van der Waals surface area contributed by atoms with Crippen molar-refractivity contribution in [1.82, 2.24) is 0 Å². The minimum absolute atomic E-state index is 0. The number of nitrogen functional groups attached to an aromatic ring is 1. The summed E-state index contributed by atoms with van der Waals surface area (Å²) in [6, 6.07) is 1.88. The van der Waals surface area contributed by atoms with Crippen molar-refractivity contribution >= 4 is 17.3 Å². The summed E-state index contributed by atoms with van der Waals surface area (Å²) >= 11 is 0. The predicted octanol–water partition coefficient (Wildman–Crippen LogP) is -3.45. The van der Waals surface area contributed by atoms with Crippen LogP contribution in [0.1, 0.15) is 10.4 Å². The van der Waals surface area contributed by atoms with Gasteiger partial charge in [-0.1, -0.05) is 0 Å². The summed E-state index contributed by atoms with van der Waals surface area (Å²) in [5.74, 6) is -1.61. The maximum atomic E-state index is 10.6. The van der Waals surface area contributed by atoms with Gasteiger partial charge in [-0.3, -0.25) is 10.1 Å². The summed E-state index contributed by atoms with van der Waals surface area (Å²) in [7, 11) is 1.27. The number of carbonyl (C=O) groups is 1. The fraction of sp³-hybridized carbons (Fsp3) is 0.125. The van der Waals surface area contributed by atoms with E-state index < -0.39 is 22.1 Å². The van der Waals surface area contributed by atoms with Gasteiger partial charge in [0.25, 0.3) is 5.69 Å². The number of nitro groups is 1. The Morgan fingerprint density at radius 3 is 2.44 bits per heavy atom. The molecule has 0 atom stereocenters. The molecule has 0 spiro atoms. The molecule has 2 N–H and O–H groups in total. The van der Waals surface area contributed by atoms with Crippen LogP contribution in [0.3, 0.4) is 0 Å². The van der Waals surface area contributed by atoms with Crippen LogP contribution in [0.2, 0.25) is 0 Å². The second-order valence-corrected chi connectivity index (χ2v) is 2.66. The monoisotopic (exact) mass is 234 g/mol. The first-order chi connectivity index (χ1) is 6.97. The second kappa shape index (κ2) is 5.69. The van der Waals surface area contributed by atoms with Crippen LogP contribution in [0.15, 0.2) is 12.1 Å². The SMILES string of the molecule is COc1cc([N+](=O)[O-])c(C(=O)[O-])cc1N.[Na+]. The number of hydrogen-bond acceptors (Lipinski definition) is 6. The Kier molecular flexibility index (Phi) is 5.22. The third-order valence-electron chi connectivity index (χ3n) is 1.76. The van der Waals surface area contributed by atoms with Crippen molar-refractivity contribution in [2.24, 2.45) is 0 Å². The molecule has 80 valence electrons. The van der Waals surface area contributed by atoms with E-state index in [1.807, 2.05) is 0 Å². The van der Waals surface area contributed by atoms with E-state index in [1.165, 1.54) is 7.11 Å². The summed E-state index contributed by atoms with van der Waals surface area (Å²) in [4.78, 5) is 20.2. The zero-order chi connectivity index (χ0) is 11.6. The number of aromatic carboxylic acids is 1. The first kappa shape index (κ1) is 14.7. The van der Waals surface area contributed by atoms with Crippen molar-refractivity contribution in [2.75, 3.05) is 12.8 Å². The smallest absolute Gasteiger partial charge is 0.545 e. The second-order valence-electron chi connectivity index (χ2n) is 2.66. The number of hydrogen-bond donors (Lipinski definition) is 1. The molecule has 0 aliphatic carbocycles. The first-order valence-electron chi connectivity index (χ1n) is 3.80. The molecule has 0 bridgehead atoms. The number of carboxylic acid groups (broad SMARTS) is 1. The molecule has 0 heterocycles. The molecule has 0 amide bonds. The third kappa shape index (κ3) is 2.84. The molecule has 0 saturated heterocycles. The fourth-order valence-electron chi connectivity index (χ4n) is 1.08. The van der Waals surface area contributed by atoms with Gasteiger partial charge in [-0.25, -0.2) is 0 Å². The van der Waals surface area contributed by atoms with Crippen molar-refractivity contribution < 1.29 is 49.1 Å². The Labute approximate surface area is 113 Å². The first-order valence-corrected chi connectivity index (χ1v) is 3.80. The normalized spacial score (nSPS) is 9.06. The molecule has 1 rings (SSSR count). The number of rotatable bonds is 3. The van der Waals surface area contributed by atoms with Crippen LogP contribution in [0.5, 0.6) is 5.75 Å². The Morgan fingerprint density at radius 2 is 2.06 bits per heavy atom. The zero-order valence-electron chi connectivity index (χ0n) is 8.72. The van der Waals surface area contributed by atoms with Gasteiger partial charge in [-0.05, 0) is 6.07 Å². The number of carboxylic acids is 1. The standard InChI is InChI=1S/C8H8N2O5.Na/c1-15-7-3-6(10(13)14)4(8(11)12)2-5(7)9;/h2-3H,9H2,1H3,(H,11,12);/q;+1/p-1. The van der Waals surface area contributed by atoms with Crippen LogP contribution in [0, 0.1) is 10.1 Å².